The quantitative estimate of drug-likeness (QED) is 0.757. The molecule has 0 aliphatic heterocycles. The number of hydrogen-bond donors (Lipinski definition) is 2. The standard InChI is InChI=1S/C10H17N3O4S2/c1-10(2,11)7-13-19(16,17)8-4-5-9(12-6-8)18(3,14)15/h4-6,13H,7,11H2,1-3H3. The van der Waals surface area contributed by atoms with Gasteiger partial charge in [-0.2, -0.15) is 0 Å². The highest BCUT2D eigenvalue weighted by atomic mass is 32.2. The third-order valence-electron chi connectivity index (χ3n) is 2.12. The van der Waals surface area contributed by atoms with E-state index in [-0.39, 0.29) is 16.5 Å². The Morgan fingerprint density at radius 3 is 2.21 bits per heavy atom. The molecule has 0 bridgehead atoms. The van der Waals surface area contributed by atoms with E-state index >= 15 is 0 Å². The lowest BCUT2D eigenvalue weighted by Gasteiger charge is -2.18. The summed E-state index contributed by atoms with van der Waals surface area (Å²) in [6.45, 7) is 3.42. The van der Waals surface area contributed by atoms with Gasteiger partial charge >= 0.3 is 0 Å². The molecule has 0 saturated carbocycles. The zero-order valence-corrected chi connectivity index (χ0v) is 12.5. The van der Waals surface area contributed by atoms with Crippen LogP contribution in [0.2, 0.25) is 0 Å². The molecule has 0 atom stereocenters. The van der Waals surface area contributed by atoms with E-state index < -0.39 is 25.4 Å². The monoisotopic (exact) mass is 307 g/mol. The summed E-state index contributed by atoms with van der Waals surface area (Å²) in [6.07, 6.45) is 2.00. The van der Waals surface area contributed by atoms with Crippen molar-refractivity contribution in [3.63, 3.8) is 0 Å². The topological polar surface area (TPSA) is 119 Å². The summed E-state index contributed by atoms with van der Waals surface area (Å²) >= 11 is 0. The Hall–Kier alpha value is -1.03. The molecule has 0 unspecified atom stereocenters. The van der Waals surface area contributed by atoms with Crippen LogP contribution in [0, 0.1) is 0 Å². The summed E-state index contributed by atoms with van der Waals surface area (Å²) in [7, 11) is -7.19. The van der Waals surface area contributed by atoms with E-state index in [1.165, 1.54) is 6.07 Å². The highest BCUT2D eigenvalue weighted by Gasteiger charge is 2.19. The molecule has 0 radical (unpaired) electrons. The van der Waals surface area contributed by atoms with Crippen LogP contribution in [0.1, 0.15) is 13.8 Å². The maximum Gasteiger partial charge on any atom is 0.242 e. The van der Waals surface area contributed by atoms with Crippen LogP contribution in [0.4, 0.5) is 0 Å². The Kier molecular flexibility index (Phi) is 4.35. The molecule has 1 aromatic rings. The van der Waals surface area contributed by atoms with E-state index in [9.17, 15) is 16.8 Å². The van der Waals surface area contributed by atoms with Gasteiger partial charge in [0.05, 0.1) is 0 Å². The van der Waals surface area contributed by atoms with Crippen molar-refractivity contribution in [2.24, 2.45) is 5.73 Å². The molecule has 7 nitrogen and oxygen atoms in total. The molecule has 0 fully saturated rings. The molecule has 9 heteroatoms. The van der Waals surface area contributed by atoms with E-state index in [0.717, 1.165) is 18.5 Å². The van der Waals surface area contributed by atoms with Crippen molar-refractivity contribution in [1.29, 1.82) is 0 Å². The maximum absolute atomic E-state index is 11.9. The smallest absolute Gasteiger partial charge is 0.242 e. The van der Waals surface area contributed by atoms with Gasteiger partial charge in [0.1, 0.15) is 4.90 Å². The van der Waals surface area contributed by atoms with Crippen LogP contribution in [-0.2, 0) is 19.9 Å². The maximum atomic E-state index is 11.9. The van der Waals surface area contributed by atoms with Crippen molar-refractivity contribution in [2.75, 3.05) is 12.8 Å². The van der Waals surface area contributed by atoms with Crippen LogP contribution in [0.15, 0.2) is 28.3 Å². The van der Waals surface area contributed by atoms with E-state index in [4.69, 9.17) is 5.73 Å². The van der Waals surface area contributed by atoms with Crippen molar-refractivity contribution in [3.05, 3.63) is 18.3 Å². The number of pyridine rings is 1. The van der Waals surface area contributed by atoms with E-state index in [2.05, 4.69) is 9.71 Å². The lowest BCUT2D eigenvalue weighted by Crippen LogP contribution is -2.45. The number of nitrogens with two attached hydrogens (primary N) is 1. The van der Waals surface area contributed by atoms with Crippen LogP contribution in [0.3, 0.4) is 0 Å². The third-order valence-corrected chi connectivity index (χ3v) is 4.50. The fraction of sp³-hybridized carbons (Fsp3) is 0.500. The number of hydrogen-bond acceptors (Lipinski definition) is 6. The van der Waals surface area contributed by atoms with Gasteiger partial charge in [0, 0.05) is 24.5 Å². The first kappa shape index (κ1) is 16.0. The van der Waals surface area contributed by atoms with Gasteiger partial charge in [-0.15, -0.1) is 0 Å². The van der Waals surface area contributed by atoms with Crippen molar-refractivity contribution in [3.8, 4) is 0 Å². The molecular weight excluding hydrogens is 290 g/mol. The molecule has 0 aromatic carbocycles. The summed E-state index contributed by atoms with van der Waals surface area (Å²) in [5, 5.41) is -0.175. The first-order chi connectivity index (χ1) is 8.42. The number of nitrogens with zero attached hydrogens (tertiary/aromatic N) is 1. The average molecular weight is 307 g/mol. The number of aromatic nitrogens is 1. The average Bonchev–Trinajstić information content (AvgIpc) is 2.25. The summed E-state index contributed by atoms with van der Waals surface area (Å²) in [6, 6.07) is 2.34. The molecule has 0 aliphatic carbocycles. The van der Waals surface area contributed by atoms with E-state index in [0.29, 0.717) is 0 Å². The predicted molar refractivity (Wildman–Crippen MR) is 70.8 cm³/mol. The Bertz CT molecular complexity index is 643. The molecule has 0 aliphatic rings. The highest BCUT2D eigenvalue weighted by Crippen LogP contribution is 2.11. The van der Waals surface area contributed by atoms with Crippen LogP contribution < -0.4 is 10.5 Å². The van der Waals surface area contributed by atoms with Gasteiger partial charge in [0.15, 0.2) is 14.9 Å². The lowest BCUT2D eigenvalue weighted by atomic mass is 10.1. The molecule has 1 rings (SSSR count). The minimum Gasteiger partial charge on any atom is -0.324 e. The van der Waals surface area contributed by atoms with Gasteiger partial charge in [-0.25, -0.2) is 26.5 Å². The second-order valence-corrected chi connectivity index (χ2v) is 8.65. The molecule has 1 heterocycles. The number of rotatable bonds is 5. The van der Waals surface area contributed by atoms with Crippen molar-refractivity contribution < 1.29 is 16.8 Å². The number of sulfonamides is 1. The number of sulfone groups is 1. The molecule has 1 aromatic heterocycles. The van der Waals surface area contributed by atoms with Crippen LogP contribution in [0.25, 0.3) is 0 Å². The summed E-state index contributed by atoms with van der Waals surface area (Å²) < 4.78 is 48.5. The largest absolute Gasteiger partial charge is 0.324 e. The van der Waals surface area contributed by atoms with E-state index in [1.54, 1.807) is 13.8 Å². The lowest BCUT2D eigenvalue weighted by molar-refractivity contribution is 0.497. The van der Waals surface area contributed by atoms with Gasteiger partial charge < -0.3 is 5.73 Å². The predicted octanol–water partition coefficient (Wildman–Crippen LogP) is -0.499. The summed E-state index contributed by atoms with van der Waals surface area (Å²) in [5.74, 6) is 0. The zero-order valence-electron chi connectivity index (χ0n) is 10.9. The molecule has 3 N–H and O–H groups in total. The van der Waals surface area contributed by atoms with E-state index in [1.807, 2.05) is 0 Å². The second kappa shape index (κ2) is 5.16. The fourth-order valence-electron chi connectivity index (χ4n) is 1.11. The molecule has 19 heavy (non-hydrogen) atoms. The minimum atomic E-state index is -3.74. The van der Waals surface area contributed by atoms with Gasteiger partial charge in [-0.1, -0.05) is 0 Å². The Balaban J connectivity index is 2.98. The molecule has 0 saturated heterocycles. The summed E-state index contributed by atoms with van der Waals surface area (Å²) in [4.78, 5) is 3.52. The van der Waals surface area contributed by atoms with Gasteiger partial charge in [0.2, 0.25) is 10.0 Å². The SMILES string of the molecule is CC(C)(N)CNS(=O)(=O)c1ccc(S(C)(=O)=O)nc1. The van der Waals surface area contributed by atoms with Crippen LogP contribution in [0.5, 0.6) is 0 Å². The zero-order chi connectivity index (χ0) is 14.9. The van der Waals surface area contributed by atoms with Gasteiger partial charge in [0.25, 0.3) is 0 Å². The Morgan fingerprint density at radius 2 is 1.84 bits per heavy atom. The Labute approximate surface area is 113 Å². The minimum absolute atomic E-state index is 0.0587. The van der Waals surface area contributed by atoms with Crippen molar-refractivity contribution in [2.45, 2.75) is 29.3 Å². The first-order valence-electron chi connectivity index (χ1n) is 5.36. The molecular formula is C10H17N3O4S2. The number of nitrogens with one attached hydrogen (secondary N) is 1. The fourth-order valence-corrected chi connectivity index (χ4v) is 2.84. The van der Waals surface area contributed by atoms with Gasteiger partial charge in [-0.05, 0) is 26.0 Å². The van der Waals surface area contributed by atoms with Gasteiger partial charge in [-0.3, -0.25) is 0 Å². The highest BCUT2D eigenvalue weighted by molar-refractivity contribution is 7.90. The molecule has 108 valence electrons. The van der Waals surface area contributed by atoms with Crippen molar-refractivity contribution >= 4 is 19.9 Å². The van der Waals surface area contributed by atoms with Crippen LogP contribution in [-0.4, -0.2) is 40.2 Å². The molecule has 0 amide bonds. The third kappa shape index (κ3) is 4.86. The summed E-state index contributed by atoms with van der Waals surface area (Å²) in [5.41, 5.74) is 4.99. The van der Waals surface area contributed by atoms with Crippen molar-refractivity contribution in [1.82, 2.24) is 9.71 Å². The van der Waals surface area contributed by atoms with Crippen LogP contribution >= 0.6 is 0 Å². The molecule has 0 spiro atoms. The second-order valence-electron chi connectivity index (χ2n) is 4.92. The normalized spacial score (nSPS) is 13.5. The first-order valence-corrected chi connectivity index (χ1v) is 8.74. The Morgan fingerprint density at radius 1 is 1.26 bits per heavy atom.